The average molecular weight is 251 g/mol. The summed E-state index contributed by atoms with van der Waals surface area (Å²) in [5.41, 5.74) is 0.608. The Morgan fingerprint density at radius 1 is 1.50 bits per heavy atom. The number of aryl methyl sites for hydroxylation is 1. The lowest BCUT2D eigenvalue weighted by atomic mass is 10.0. The fourth-order valence-corrected chi connectivity index (χ4v) is 2.22. The van der Waals surface area contributed by atoms with E-state index in [1.807, 2.05) is 6.92 Å². The maximum Gasteiger partial charge on any atom is 0.254 e. The SMILES string of the molecule is Cc1cccc(C(=O)NC2CCOC(C)C2)c1F. The van der Waals surface area contributed by atoms with Crippen molar-refractivity contribution in [2.45, 2.75) is 38.8 Å². The third-order valence-corrected chi connectivity index (χ3v) is 3.26. The Hall–Kier alpha value is -1.42. The van der Waals surface area contributed by atoms with Gasteiger partial charge < -0.3 is 10.1 Å². The molecule has 1 amide bonds. The van der Waals surface area contributed by atoms with Crippen molar-refractivity contribution < 1.29 is 13.9 Å². The van der Waals surface area contributed by atoms with Crippen LogP contribution < -0.4 is 5.32 Å². The molecule has 1 N–H and O–H groups in total. The molecule has 2 rings (SSSR count). The van der Waals surface area contributed by atoms with Crippen molar-refractivity contribution in [2.24, 2.45) is 0 Å². The topological polar surface area (TPSA) is 38.3 Å². The van der Waals surface area contributed by atoms with Crippen LogP contribution in [0.3, 0.4) is 0 Å². The summed E-state index contributed by atoms with van der Waals surface area (Å²) in [5.74, 6) is -0.773. The van der Waals surface area contributed by atoms with Gasteiger partial charge in [-0.1, -0.05) is 12.1 Å². The zero-order valence-corrected chi connectivity index (χ0v) is 10.7. The lowest BCUT2D eigenvalue weighted by molar-refractivity contribution is 0.0136. The van der Waals surface area contributed by atoms with Gasteiger partial charge >= 0.3 is 0 Å². The number of nitrogens with one attached hydrogen (secondary N) is 1. The van der Waals surface area contributed by atoms with E-state index in [0.717, 1.165) is 12.8 Å². The van der Waals surface area contributed by atoms with Gasteiger partial charge in [-0.2, -0.15) is 0 Å². The molecular weight excluding hydrogens is 233 g/mol. The Morgan fingerprint density at radius 3 is 3.00 bits per heavy atom. The molecule has 1 aromatic carbocycles. The first kappa shape index (κ1) is 13.0. The minimum atomic E-state index is -0.435. The molecule has 1 heterocycles. The van der Waals surface area contributed by atoms with Crippen molar-refractivity contribution in [3.8, 4) is 0 Å². The highest BCUT2D eigenvalue weighted by Crippen LogP contribution is 2.16. The van der Waals surface area contributed by atoms with Gasteiger partial charge in [0, 0.05) is 12.6 Å². The number of hydrogen-bond acceptors (Lipinski definition) is 2. The van der Waals surface area contributed by atoms with Gasteiger partial charge in [-0.05, 0) is 38.3 Å². The average Bonchev–Trinajstić information content (AvgIpc) is 2.32. The van der Waals surface area contributed by atoms with Crippen LogP contribution >= 0.6 is 0 Å². The van der Waals surface area contributed by atoms with Crippen LogP contribution in [-0.4, -0.2) is 24.7 Å². The molecule has 1 fully saturated rings. The molecule has 0 aliphatic carbocycles. The van der Waals surface area contributed by atoms with E-state index in [1.165, 1.54) is 6.07 Å². The fourth-order valence-electron chi connectivity index (χ4n) is 2.22. The third kappa shape index (κ3) is 2.88. The molecule has 0 bridgehead atoms. The number of amides is 1. The molecule has 98 valence electrons. The number of ether oxygens (including phenoxy) is 1. The van der Waals surface area contributed by atoms with Gasteiger partial charge in [-0.25, -0.2) is 4.39 Å². The molecule has 3 nitrogen and oxygen atoms in total. The number of halogens is 1. The van der Waals surface area contributed by atoms with Crippen LogP contribution in [0.5, 0.6) is 0 Å². The molecule has 0 radical (unpaired) electrons. The normalized spacial score (nSPS) is 23.7. The van der Waals surface area contributed by atoms with E-state index in [-0.39, 0.29) is 23.6 Å². The van der Waals surface area contributed by atoms with E-state index in [0.29, 0.717) is 12.2 Å². The molecule has 1 aliphatic rings. The maximum atomic E-state index is 13.8. The van der Waals surface area contributed by atoms with Crippen LogP contribution in [0.25, 0.3) is 0 Å². The Morgan fingerprint density at radius 2 is 2.28 bits per heavy atom. The number of carbonyl (C=O) groups excluding carboxylic acids is 1. The van der Waals surface area contributed by atoms with Crippen molar-refractivity contribution in [1.29, 1.82) is 0 Å². The van der Waals surface area contributed by atoms with E-state index in [1.54, 1.807) is 19.1 Å². The summed E-state index contributed by atoms with van der Waals surface area (Å²) < 4.78 is 19.2. The van der Waals surface area contributed by atoms with Crippen molar-refractivity contribution in [2.75, 3.05) is 6.61 Å². The van der Waals surface area contributed by atoms with Gasteiger partial charge in [0.2, 0.25) is 0 Å². The lowest BCUT2D eigenvalue weighted by Crippen LogP contribution is -2.41. The monoisotopic (exact) mass is 251 g/mol. The quantitative estimate of drug-likeness (QED) is 0.876. The zero-order valence-electron chi connectivity index (χ0n) is 10.7. The Bertz CT molecular complexity index is 447. The Kier molecular flexibility index (Phi) is 3.97. The summed E-state index contributed by atoms with van der Waals surface area (Å²) in [7, 11) is 0. The predicted octanol–water partition coefficient (Wildman–Crippen LogP) is 2.43. The molecule has 18 heavy (non-hydrogen) atoms. The highest BCUT2D eigenvalue weighted by atomic mass is 19.1. The first-order valence-corrected chi connectivity index (χ1v) is 6.25. The van der Waals surface area contributed by atoms with Crippen LogP contribution in [0, 0.1) is 12.7 Å². The molecule has 1 aliphatic heterocycles. The summed E-state index contributed by atoms with van der Waals surface area (Å²) in [6.45, 7) is 4.27. The molecule has 2 unspecified atom stereocenters. The zero-order chi connectivity index (χ0) is 13.1. The molecule has 1 saturated heterocycles. The second kappa shape index (κ2) is 5.48. The second-order valence-electron chi connectivity index (χ2n) is 4.81. The standard InChI is InChI=1S/C14H18FNO2/c1-9-4-3-5-12(13(9)15)14(17)16-11-6-7-18-10(2)8-11/h3-5,10-11H,6-8H2,1-2H3,(H,16,17). The van der Waals surface area contributed by atoms with Crippen molar-refractivity contribution in [3.05, 3.63) is 35.1 Å². The van der Waals surface area contributed by atoms with E-state index in [2.05, 4.69) is 5.32 Å². The number of rotatable bonds is 2. The van der Waals surface area contributed by atoms with Gasteiger partial charge in [0.05, 0.1) is 11.7 Å². The van der Waals surface area contributed by atoms with E-state index in [9.17, 15) is 9.18 Å². The van der Waals surface area contributed by atoms with Crippen molar-refractivity contribution in [1.82, 2.24) is 5.32 Å². The summed E-state index contributed by atoms with van der Waals surface area (Å²) in [4.78, 5) is 12.0. The van der Waals surface area contributed by atoms with Gasteiger partial charge in [-0.3, -0.25) is 4.79 Å². The van der Waals surface area contributed by atoms with E-state index < -0.39 is 5.82 Å². The predicted molar refractivity (Wildman–Crippen MR) is 67.0 cm³/mol. The van der Waals surface area contributed by atoms with Crippen molar-refractivity contribution in [3.63, 3.8) is 0 Å². The van der Waals surface area contributed by atoms with Gasteiger partial charge in [0.25, 0.3) is 5.91 Å². The fraction of sp³-hybridized carbons (Fsp3) is 0.500. The molecule has 1 aromatic rings. The number of carbonyl (C=O) groups is 1. The van der Waals surface area contributed by atoms with Crippen molar-refractivity contribution >= 4 is 5.91 Å². The van der Waals surface area contributed by atoms with Crippen LogP contribution in [0.2, 0.25) is 0 Å². The second-order valence-corrected chi connectivity index (χ2v) is 4.81. The van der Waals surface area contributed by atoms with Crippen LogP contribution in [0.1, 0.15) is 35.7 Å². The van der Waals surface area contributed by atoms with Gasteiger partial charge in [0.1, 0.15) is 5.82 Å². The molecule has 2 atom stereocenters. The largest absolute Gasteiger partial charge is 0.378 e. The van der Waals surface area contributed by atoms with Gasteiger partial charge in [-0.15, -0.1) is 0 Å². The first-order chi connectivity index (χ1) is 8.58. The molecule has 0 spiro atoms. The highest BCUT2D eigenvalue weighted by Gasteiger charge is 2.22. The minimum Gasteiger partial charge on any atom is -0.378 e. The summed E-state index contributed by atoms with van der Waals surface area (Å²) in [5, 5.41) is 2.87. The first-order valence-electron chi connectivity index (χ1n) is 6.25. The number of benzene rings is 1. The lowest BCUT2D eigenvalue weighted by Gasteiger charge is -2.28. The van der Waals surface area contributed by atoms with E-state index >= 15 is 0 Å². The minimum absolute atomic E-state index is 0.0705. The van der Waals surface area contributed by atoms with Crippen LogP contribution in [-0.2, 0) is 4.74 Å². The third-order valence-electron chi connectivity index (χ3n) is 3.26. The Balaban J connectivity index is 2.05. The van der Waals surface area contributed by atoms with E-state index in [4.69, 9.17) is 4.74 Å². The molecule has 0 aromatic heterocycles. The van der Waals surface area contributed by atoms with Crippen LogP contribution in [0.15, 0.2) is 18.2 Å². The van der Waals surface area contributed by atoms with Gasteiger partial charge in [0.15, 0.2) is 0 Å². The molecular formula is C14H18FNO2. The summed E-state index contributed by atoms with van der Waals surface area (Å²) in [6, 6.07) is 4.93. The number of hydrogen-bond donors (Lipinski definition) is 1. The summed E-state index contributed by atoms with van der Waals surface area (Å²) >= 11 is 0. The molecule has 0 saturated carbocycles. The highest BCUT2D eigenvalue weighted by molar-refractivity contribution is 5.94. The van der Waals surface area contributed by atoms with Crippen LogP contribution in [0.4, 0.5) is 4.39 Å². The molecule has 4 heteroatoms. The Labute approximate surface area is 106 Å². The smallest absolute Gasteiger partial charge is 0.254 e. The maximum absolute atomic E-state index is 13.8. The summed E-state index contributed by atoms with van der Waals surface area (Å²) in [6.07, 6.45) is 1.70.